The summed E-state index contributed by atoms with van der Waals surface area (Å²) in [6.07, 6.45) is 2.71. The average Bonchev–Trinajstić information content (AvgIpc) is 3.48. The van der Waals surface area contributed by atoms with Gasteiger partial charge in [-0.2, -0.15) is 0 Å². The standard InChI is InChI=1S/C29H40N4O4S/c1-8-21(9-2)33-24-13-12-20(15-23(24)31-25(33)16-22-11-10-14-38-22)28(36)30-17-26(34)32(19(3)4)18-27(35)37-29(5,6)7/h10-15,19,21H,8-9,16-18H2,1-7H3,(H,30,36). The lowest BCUT2D eigenvalue weighted by Gasteiger charge is -2.28. The molecule has 2 heterocycles. The van der Waals surface area contributed by atoms with Gasteiger partial charge in [0.05, 0.1) is 17.6 Å². The molecule has 2 aromatic heterocycles. The van der Waals surface area contributed by atoms with E-state index < -0.39 is 11.6 Å². The number of imidazole rings is 1. The molecule has 3 rings (SSSR count). The van der Waals surface area contributed by atoms with Gasteiger partial charge in [-0.25, -0.2) is 4.98 Å². The molecule has 9 heteroatoms. The second-order valence-electron chi connectivity index (χ2n) is 10.7. The SMILES string of the molecule is CCC(CC)n1c(Cc2cccs2)nc2cc(C(=O)NCC(=O)N(CC(=O)OC(C)(C)C)C(C)C)ccc21. The van der Waals surface area contributed by atoms with E-state index in [4.69, 9.17) is 9.72 Å². The zero-order chi connectivity index (χ0) is 28.0. The van der Waals surface area contributed by atoms with Gasteiger partial charge in [0.15, 0.2) is 0 Å². The molecule has 0 saturated heterocycles. The van der Waals surface area contributed by atoms with Gasteiger partial charge < -0.3 is 19.5 Å². The number of carbonyl (C=O) groups is 3. The van der Waals surface area contributed by atoms with E-state index in [2.05, 4.69) is 35.2 Å². The first-order valence-corrected chi connectivity index (χ1v) is 14.1. The predicted molar refractivity (Wildman–Crippen MR) is 152 cm³/mol. The molecular weight excluding hydrogens is 500 g/mol. The molecule has 2 amide bonds. The maximum atomic E-state index is 13.0. The quantitative estimate of drug-likeness (QED) is 0.331. The number of aromatic nitrogens is 2. The molecule has 0 radical (unpaired) electrons. The minimum absolute atomic E-state index is 0.171. The Labute approximate surface area is 229 Å². The Balaban J connectivity index is 1.76. The van der Waals surface area contributed by atoms with Crippen molar-refractivity contribution in [1.82, 2.24) is 19.8 Å². The van der Waals surface area contributed by atoms with Gasteiger partial charge in [0.1, 0.15) is 18.0 Å². The Morgan fingerprint density at radius 1 is 1.13 bits per heavy atom. The fourth-order valence-corrected chi connectivity index (χ4v) is 5.18. The highest BCUT2D eigenvalue weighted by Crippen LogP contribution is 2.28. The molecule has 0 saturated carbocycles. The number of nitrogens with zero attached hydrogens (tertiary/aromatic N) is 3. The normalized spacial score (nSPS) is 11.8. The number of ether oxygens (including phenoxy) is 1. The summed E-state index contributed by atoms with van der Waals surface area (Å²) in [4.78, 5) is 45.7. The minimum atomic E-state index is -0.638. The van der Waals surface area contributed by atoms with E-state index in [9.17, 15) is 14.4 Å². The molecule has 1 aromatic carbocycles. The summed E-state index contributed by atoms with van der Waals surface area (Å²) in [5, 5.41) is 4.77. The summed E-state index contributed by atoms with van der Waals surface area (Å²) in [6.45, 7) is 12.9. The van der Waals surface area contributed by atoms with Gasteiger partial charge in [0.25, 0.3) is 5.91 Å². The van der Waals surface area contributed by atoms with Gasteiger partial charge in [-0.3, -0.25) is 14.4 Å². The van der Waals surface area contributed by atoms with Crippen LogP contribution in [0.4, 0.5) is 0 Å². The number of hydrogen-bond acceptors (Lipinski definition) is 6. The van der Waals surface area contributed by atoms with Crippen LogP contribution in [0.1, 0.15) is 88.4 Å². The van der Waals surface area contributed by atoms with Gasteiger partial charge in [0, 0.05) is 28.9 Å². The van der Waals surface area contributed by atoms with E-state index >= 15 is 0 Å². The van der Waals surface area contributed by atoms with Gasteiger partial charge in [-0.15, -0.1) is 11.3 Å². The summed E-state index contributed by atoms with van der Waals surface area (Å²) in [7, 11) is 0. The monoisotopic (exact) mass is 540 g/mol. The average molecular weight is 541 g/mol. The second-order valence-corrected chi connectivity index (χ2v) is 11.7. The van der Waals surface area contributed by atoms with Crippen molar-refractivity contribution in [3.63, 3.8) is 0 Å². The molecule has 0 atom stereocenters. The topological polar surface area (TPSA) is 93.5 Å². The first-order valence-electron chi connectivity index (χ1n) is 13.3. The van der Waals surface area contributed by atoms with Crippen LogP contribution in [-0.4, -0.2) is 57.0 Å². The molecule has 206 valence electrons. The maximum absolute atomic E-state index is 13.0. The van der Waals surface area contributed by atoms with Crippen LogP contribution in [0.15, 0.2) is 35.7 Å². The molecule has 0 fully saturated rings. The summed E-state index contributed by atoms with van der Waals surface area (Å²) in [5.74, 6) is -0.212. The number of nitrogens with one attached hydrogen (secondary N) is 1. The van der Waals surface area contributed by atoms with Crippen molar-refractivity contribution in [2.75, 3.05) is 13.1 Å². The number of fused-ring (bicyclic) bond motifs is 1. The molecule has 8 nitrogen and oxygen atoms in total. The van der Waals surface area contributed by atoms with Gasteiger partial charge in [-0.05, 0) is 77.1 Å². The third-order valence-electron chi connectivity index (χ3n) is 6.31. The first kappa shape index (κ1) is 29.4. The first-order chi connectivity index (χ1) is 17.9. The molecule has 0 aliphatic rings. The van der Waals surface area contributed by atoms with Crippen molar-refractivity contribution in [2.45, 2.75) is 85.4 Å². The van der Waals surface area contributed by atoms with Crippen molar-refractivity contribution >= 4 is 40.2 Å². The minimum Gasteiger partial charge on any atom is -0.459 e. The summed E-state index contributed by atoms with van der Waals surface area (Å²) in [6, 6.07) is 9.75. The zero-order valence-corrected chi connectivity index (χ0v) is 24.4. The zero-order valence-electron chi connectivity index (χ0n) is 23.5. The Hall–Kier alpha value is -3.20. The van der Waals surface area contributed by atoms with Crippen LogP contribution >= 0.6 is 11.3 Å². The summed E-state index contributed by atoms with van der Waals surface area (Å²) in [5.41, 5.74) is 1.56. The van der Waals surface area contributed by atoms with E-state index in [0.717, 1.165) is 36.1 Å². The molecule has 1 N–H and O–H groups in total. The number of benzene rings is 1. The Kier molecular flexibility index (Phi) is 9.71. The molecule has 38 heavy (non-hydrogen) atoms. The van der Waals surface area contributed by atoms with E-state index in [0.29, 0.717) is 11.6 Å². The fraction of sp³-hybridized carbons (Fsp3) is 0.517. The molecule has 0 aliphatic carbocycles. The predicted octanol–water partition coefficient (Wildman–Crippen LogP) is 5.36. The van der Waals surface area contributed by atoms with Crippen molar-refractivity contribution in [1.29, 1.82) is 0 Å². The highest BCUT2D eigenvalue weighted by Gasteiger charge is 2.25. The lowest BCUT2D eigenvalue weighted by molar-refractivity contribution is -0.159. The van der Waals surface area contributed by atoms with E-state index in [1.807, 2.05) is 26.0 Å². The van der Waals surface area contributed by atoms with E-state index in [1.54, 1.807) is 44.2 Å². The van der Waals surface area contributed by atoms with Crippen LogP contribution in [0, 0.1) is 0 Å². The number of esters is 1. The Morgan fingerprint density at radius 3 is 2.42 bits per heavy atom. The number of amides is 2. The van der Waals surface area contributed by atoms with Crippen molar-refractivity contribution in [3.05, 3.63) is 52.0 Å². The van der Waals surface area contributed by atoms with Crippen molar-refractivity contribution in [2.24, 2.45) is 0 Å². The van der Waals surface area contributed by atoms with Crippen LogP contribution in [0.3, 0.4) is 0 Å². The summed E-state index contributed by atoms with van der Waals surface area (Å²) >= 11 is 1.71. The number of hydrogen-bond donors (Lipinski definition) is 1. The second kappa shape index (κ2) is 12.6. The highest BCUT2D eigenvalue weighted by molar-refractivity contribution is 7.09. The fourth-order valence-electron chi connectivity index (χ4n) is 4.48. The van der Waals surface area contributed by atoms with Crippen LogP contribution < -0.4 is 5.32 Å². The van der Waals surface area contributed by atoms with Crippen LogP contribution in [0.5, 0.6) is 0 Å². The number of thiophene rings is 1. The van der Waals surface area contributed by atoms with Gasteiger partial charge in [0.2, 0.25) is 5.91 Å². The Bertz CT molecular complexity index is 1250. The molecule has 3 aromatic rings. The van der Waals surface area contributed by atoms with E-state index in [-0.39, 0.29) is 30.9 Å². The van der Waals surface area contributed by atoms with Crippen LogP contribution in [0.2, 0.25) is 0 Å². The number of carbonyl (C=O) groups excluding carboxylic acids is 3. The number of rotatable bonds is 11. The van der Waals surface area contributed by atoms with Crippen LogP contribution in [-0.2, 0) is 20.7 Å². The van der Waals surface area contributed by atoms with E-state index in [1.165, 1.54) is 9.78 Å². The van der Waals surface area contributed by atoms with Crippen LogP contribution in [0.25, 0.3) is 11.0 Å². The highest BCUT2D eigenvalue weighted by atomic mass is 32.1. The van der Waals surface area contributed by atoms with Gasteiger partial charge >= 0.3 is 5.97 Å². The smallest absolute Gasteiger partial charge is 0.326 e. The molecule has 0 aliphatic heterocycles. The lowest BCUT2D eigenvalue weighted by atomic mass is 10.1. The molecule has 0 bridgehead atoms. The Morgan fingerprint density at radius 2 is 1.84 bits per heavy atom. The van der Waals surface area contributed by atoms with Crippen molar-refractivity contribution in [3.8, 4) is 0 Å². The largest absolute Gasteiger partial charge is 0.459 e. The van der Waals surface area contributed by atoms with Gasteiger partial charge in [-0.1, -0.05) is 19.9 Å². The third-order valence-corrected chi connectivity index (χ3v) is 7.18. The molecule has 0 unspecified atom stereocenters. The summed E-state index contributed by atoms with van der Waals surface area (Å²) < 4.78 is 7.66. The third kappa shape index (κ3) is 7.43. The van der Waals surface area contributed by atoms with Crippen molar-refractivity contribution < 1.29 is 19.1 Å². The lowest BCUT2D eigenvalue weighted by Crippen LogP contribution is -2.47. The maximum Gasteiger partial charge on any atom is 0.326 e. The molecular formula is C29H40N4O4S. The molecule has 0 spiro atoms.